The number of hydrogen-bond acceptors (Lipinski definition) is 4. The maximum Gasteiger partial charge on any atom is 0.253 e. The van der Waals surface area contributed by atoms with E-state index in [-0.39, 0.29) is 17.5 Å². The molecule has 2 aromatic carbocycles. The van der Waals surface area contributed by atoms with Crippen LogP contribution in [0.3, 0.4) is 0 Å². The molecule has 26 heavy (non-hydrogen) atoms. The highest BCUT2D eigenvalue weighted by atomic mass is 35.5. The maximum atomic E-state index is 12.9. The first kappa shape index (κ1) is 16.8. The Morgan fingerprint density at radius 3 is 2.58 bits per heavy atom. The van der Waals surface area contributed by atoms with Gasteiger partial charge in [0.05, 0.1) is 5.69 Å². The number of amides is 1. The Kier molecular flexibility index (Phi) is 4.49. The molecule has 0 aliphatic carbocycles. The molecule has 2 heterocycles. The Morgan fingerprint density at radius 2 is 1.85 bits per heavy atom. The standard InChI is InChI=1S/C20H16ClNO4/c21-13-9-7-12(8-10-13)18(23)19-17(14-4-1-2-5-15(14)26-19)22-20(24)16-6-3-11-25-16/h1-2,4-5,7-10,16H,3,6,11H2,(H,22,24)/t16-/m0/s1. The van der Waals surface area contributed by atoms with Crippen molar-refractivity contribution in [1.29, 1.82) is 0 Å². The van der Waals surface area contributed by atoms with Gasteiger partial charge in [0.25, 0.3) is 5.91 Å². The van der Waals surface area contributed by atoms with Crippen molar-refractivity contribution in [2.24, 2.45) is 0 Å². The average molecular weight is 370 g/mol. The van der Waals surface area contributed by atoms with Gasteiger partial charge in [-0.15, -0.1) is 0 Å². The SMILES string of the molecule is O=C(c1ccc(Cl)cc1)c1oc2ccccc2c1NC(=O)[C@@H]1CCCO1. The molecule has 1 aromatic heterocycles. The van der Waals surface area contributed by atoms with Crippen LogP contribution in [0.4, 0.5) is 5.69 Å². The quantitative estimate of drug-likeness (QED) is 0.690. The molecule has 0 spiro atoms. The molecule has 3 aromatic rings. The smallest absolute Gasteiger partial charge is 0.253 e. The maximum absolute atomic E-state index is 12.9. The first-order valence-electron chi connectivity index (χ1n) is 8.38. The van der Waals surface area contributed by atoms with Crippen LogP contribution < -0.4 is 5.32 Å². The summed E-state index contributed by atoms with van der Waals surface area (Å²) in [6.45, 7) is 0.570. The number of halogens is 1. The van der Waals surface area contributed by atoms with Crippen molar-refractivity contribution < 1.29 is 18.7 Å². The van der Waals surface area contributed by atoms with E-state index in [1.165, 1.54) is 0 Å². The molecule has 132 valence electrons. The molecule has 0 bridgehead atoms. The normalized spacial score (nSPS) is 16.7. The molecule has 4 rings (SSSR count). The van der Waals surface area contributed by atoms with E-state index >= 15 is 0 Å². The molecule has 5 nitrogen and oxygen atoms in total. The molecule has 1 amide bonds. The number of furan rings is 1. The topological polar surface area (TPSA) is 68.5 Å². The molecule has 1 saturated heterocycles. The highest BCUT2D eigenvalue weighted by molar-refractivity contribution is 6.30. The van der Waals surface area contributed by atoms with Gasteiger partial charge in [-0.05, 0) is 49.2 Å². The number of hydrogen-bond donors (Lipinski definition) is 1. The van der Waals surface area contributed by atoms with Crippen molar-refractivity contribution in [3.05, 3.63) is 64.9 Å². The molecule has 0 radical (unpaired) electrons. The number of ketones is 1. The number of carbonyl (C=O) groups excluding carboxylic acids is 2. The van der Waals surface area contributed by atoms with Crippen LogP contribution in [0.5, 0.6) is 0 Å². The zero-order valence-corrected chi connectivity index (χ0v) is 14.6. The van der Waals surface area contributed by atoms with E-state index in [1.807, 2.05) is 18.2 Å². The Labute approximate surface area is 154 Å². The van der Waals surface area contributed by atoms with Crippen LogP contribution in [0, 0.1) is 0 Å². The molecular weight excluding hydrogens is 354 g/mol. The Morgan fingerprint density at radius 1 is 1.08 bits per heavy atom. The Bertz CT molecular complexity index is 971. The van der Waals surface area contributed by atoms with Crippen molar-refractivity contribution in [2.75, 3.05) is 11.9 Å². The van der Waals surface area contributed by atoms with E-state index in [4.69, 9.17) is 20.8 Å². The molecule has 1 N–H and O–H groups in total. The molecular formula is C20H16ClNO4. The van der Waals surface area contributed by atoms with Gasteiger partial charge in [-0.3, -0.25) is 9.59 Å². The third-order valence-electron chi connectivity index (χ3n) is 4.38. The van der Waals surface area contributed by atoms with E-state index in [2.05, 4.69) is 5.32 Å². The number of para-hydroxylation sites is 1. The van der Waals surface area contributed by atoms with Gasteiger partial charge < -0.3 is 14.5 Å². The molecule has 1 fully saturated rings. The minimum Gasteiger partial charge on any atom is -0.450 e. The number of anilines is 1. The zero-order valence-electron chi connectivity index (χ0n) is 13.8. The minimum absolute atomic E-state index is 0.0971. The van der Waals surface area contributed by atoms with E-state index in [1.54, 1.807) is 30.3 Å². The number of ether oxygens (including phenoxy) is 1. The second-order valence-electron chi connectivity index (χ2n) is 6.13. The van der Waals surface area contributed by atoms with Crippen LogP contribution in [0.1, 0.15) is 29.0 Å². The summed E-state index contributed by atoms with van der Waals surface area (Å²) >= 11 is 5.89. The van der Waals surface area contributed by atoms with Crippen LogP contribution in [0.25, 0.3) is 11.0 Å². The van der Waals surface area contributed by atoms with E-state index in [0.717, 1.165) is 6.42 Å². The minimum atomic E-state index is -0.498. The van der Waals surface area contributed by atoms with E-state index in [0.29, 0.717) is 40.3 Å². The molecule has 1 aliphatic rings. The molecule has 1 atom stereocenters. The van der Waals surface area contributed by atoms with Crippen molar-refractivity contribution in [3.8, 4) is 0 Å². The van der Waals surface area contributed by atoms with Gasteiger partial charge >= 0.3 is 0 Å². The third kappa shape index (κ3) is 3.11. The third-order valence-corrected chi connectivity index (χ3v) is 4.63. The van der Waals surface area contributed by atoms with Crippen LogP contribution in [-0.2, 0) is 9.53 Å². The Hall–Kier alpha value is -2.63. The van der Waals surface area contributed by atoms with Crippen LogP contribution in [0.2, 0.25) is 5.02 Å². The monoisotopic (exact) mass is 369 g/mol. The number of fused-ring (bicyclic) bond motifs is 1. The number of rotatable bonds is 4. The lowest BCUT2D eigenvalue weighted by molar-refractivity contribution is -0.124. The van der Waals surface area contributed by atoms with Crippen molar-refractivity contribution in [2.45, 2.75) is 18.9 Å². The van der Waals surface area contributed by atoms with Crippen LogP contribution >= 0.6 is 11.6 Å². The van der Waals surface area contributed by atoms with Crippen molar-refractivity contribution >= 4 is 39.9 Å². The molecule has 0 saturated carbocycles. The zero-order chi connectivity index (χ0) is 18.1. The second kappa shape index (κ2) is 6.94. The lowest BCUT2D eigenvalue weighted by Crippen LogP contribution is -2.27. The molecule has 6 heteroatoms. The van der Waals surface area contributed by atoms with Gasteiger partial charge in [-0.25, -0.2) is 0 Å². The first-order valence-corrected chi connectivity index (χ1v) is 8.75. The first-order chi connectivity index (χ1) is 12.6. The summed E-state index contributed by atoms with van der Waals surface area (Å²) in [5.41, 5.74) is 1.34. The predicted molar refractivity (Wildman–Crippen MR) is 98.7 cm³/mol. The van der Waals surface area contributed by atoms with Crippen molar-refractivity contribution in [1.82, 2.24) is 0 Å². The summed E-state index contributed by atoms with van der Waals surface area (Å²) in [7, 11) is 0. The molecule has 1 aliphatic heterocycles. The summed E-state index contributed by atoms with van der Waals surface area (Å²) in [4.78, 5) is 25.4. The summed E-state index contributed by atoms with van der Waals surface area (Å²) in [5.74, 6) is -0.486. The van der Waals surface area contributed by atoms with Gasteiger partial charge in [-0.1, -0.05) is 23.7 Å². The largest absolute Gasteiger partial charge is 0.450 e. The number of benzene rings is 2. The lowest BCUT2D eigenvalue weighted by Gasteiger charge is -2.10. The van der Waals surface area contributed by atoms with E-state index in [9.17, 15) is 9.59 Å². The highest BCUT2D eigenvalue weighted by Gasteiger charge is 2.28. The average Bonchev–Trinajstić information content (AvgIpc) is 3.30. The fourth-order valence-corrected chi connectivity index (χ4v) is 3.18. The molecule has 0 unspecified atom stereocenters. The van der Waals surface area contributed by atoms with Crippen LogP contribution in [0.15, 0.2) is 52.9 Å². The van der Waals surface area contributed by atoms with Gasteiger partial charge in [0.2, 0.25) is 5.78 Å². The predicted octanol–water partition coefficient (Wildman–Crippen LogP) is 4.43. The van der Waals surface area contributed by atoms with Gasteiger partial charge in [-0.2, -0.15) is 0 Å². The highest BCUT2D eigenvalue weighted by Crippen LogP contribution is 2.33. The fourth-order valence-electron chi connectivity index (χ4n) is 3.05. The lowest BCUT2D eigenvalue weighted by atomic mass is 10.1. The van der Waals surface area contributed by atoms with Gasteiger partial charge in [0.15, 0.2) is 5.76 Å². The van der Waals surface area contributed by atoms with E-state index < -0.39 is 6.10 Å². The number of nitrogens with one attached hydrogen (secondary N) is 1. The van der Waals surface area contributed by atoms with Gasteiger partial charge in [0, 0.05) is 22.6 Å². The van der Waals surface area contributed by atoms with Gasteiger partial charge in [0.1, 0.15) is 11.7 Å². The Balaban J connectivity index is 1.74. The second-order valence-corrected chi connectivity index (χ2v) is 6.57. The number of carbonyl (C=O) groups is 2. The van der Waals surface area contributed by atoms with Crippen molar-refractivity contribution in [3.63, 3.8) is 0 Å². The summed E-state index contributed by atoms with van der Waals surface area (Å²) in [5, 5.41) is 4.05. The summed E-state index contributed by atoms with van der Waals surface area (Å²) in [6.07, 6.45) is 1.02. The fraction of sp³-hybridized carbons (Fsp3) is 0.200. The summed E-state index contributed by atoms with van der Waals surface area (Å²) in [6, 6.07) is 13.7. The summed E-state index contributed by atoms with van der Waals surface area (Å²) < 4.78 is 11.2. The van der Waals surface area contributed by atoms with Crippen LogP contribution in [-0.4, -0.2) is 24.4 Å².